The van der Waals surface area contributed by atoms with Crippen LogP contribution < -0.4 is 5.32 Å². The first-order valence-corrected chi connectivity index (χ1v) is 10.1. The molecule has 1 saturated heterocycles. The molecule has 7 heteroatoms. The number of furan rings is 1. The van der Waals surface area contributed by atoms with Crippen LogP contribution in [0.3, 0.4) is 0 Å². The van der Waals surface area contributed by atoms with Gasteiger partial charge < -0.3 is 19.5 Å². The molecule has 0 spiro atoms. The maximum absolute atomic E-state index is 12.4. The van der Waals surface area contributed by atoms with Crippen LogP contribution in [-0.4, -0.2) is 61.4 Å². The van der Waals surface area contributed by atoms with Crippen molar-refractivity contribution in [2.45, 2.75) is 25.2 Å². The number of carbonyl (C=O) groups excluding carboxylic acids is 1. The predicted molar refractivity (Wildman–Crippen MR) is 125 cm³/mol. The van der Waals surface area contributed by atoms with Crippen LogP contribution in [0.2, 0.25) is 0 Å². The van der Waals surface area contributed by atoms with Gasteiger partial charge in [-0.3, -0.25) is 9.79 Å². The summed E-state index contributed by atoms with van der Waals surface area (Å²) in [4.78, 5) is 21.0. The Morgan fingerprint density at radius 3 is 2.62 bits per heavy atom. The van der Waals surface area contributed by atoms with Gasteiger partial charge in [0, 0.05) is 45.7 Å². The molecule has 1 amide bonds. The predicted octanol–water partition coefficient (Wildman–Crippen LogP) is 3.35. The quantitative estimate of drug-likeness (QED) is 0.393. The minimum atomic E-state index is -0.0357. The third-order valence-electron chi connectivity index (χ3n) is 5.81. The average molecular weight is 508 g/mol. The fourth-order valence-electron chi connectivity index (χ4n) is 4.29. The summed E-state index contributed by atoms with van der Waals surface area (Å²) in [5, 5.41) is 3.58. The number of piperazine rings is 1. The van der Waals surface area contributed by atoms with Crippen LogP contribution in [0, 0.1) is 0 Å². The number of aliphatic imine (C=N–C) groups is 1. The van der Waals surface area contributed by atoms with Gasteiger partial charge in [0.2, 0.25) is 0 Å². The van der Waals surface area contributed by atoms with Gasteiger partial charge >= 0.3 is 0 Å². The second kappa shape index (κ2) is 10.1. The van der Waals surface area contributed by atoms with Gasteiger partial charge in [0.25, 0.3) is 5.91 Å². The first-order valence-electron chi connectivity index (χ1n) is 10.1. The first kappa shape index (κ1) is 21.7. The molecule has 156 valence electrons. The van der Waals surface area contributed by atoms with Gasteiger partial charge in [-0.1, -0.05) is 24.3 Å². The van der Waals surface area contributed by atoms with Crippen molar-refractivity contribution in [1.29, 1.82) is 0 Å². The monoisotopic (exact) mass is 508 g/mol. The molecule has 1 atom stereocenters. The molecule has 2 heterocycles. The molecule has 1 aromatic heterocycles. The van der Waals surface area contributed by atoms with Crippen molar-refractivity contribution in [2.75, 3.05) is 39.8 Å². The highest BCUT2D eigenvalue weighted by Crippen LogP contribution is 2.30. The number of fused-ring (bicyclic) bond motifs is 1. The van der Waals surface area contributed by atoms with E-state index in [1.54, 1.807) is 18.4 Å². The number of carbonyl (C=O) groups is 1. The first-order chi connectivity index (χ1) is 13.8. The number of nitrogens with one attached hydrogen (secondary N) is 1. The number of amides is 1. The molecule has 0 saturated carbocycles. The second-order valence-electron chi connectivity index (χ2n) is 7.47. The van der Waals surface area contributed by atoms with Gasteiger partial charge in [-0.05, 0) is 42.5 Å². The summed E-state index contributed by atoms with van der Waals surface area (Å²) >= 11 is 0. The Labute approximate surface area is 189 Å². The summed E-state index contributed by atoms with van der Waals surface area (Å²) in [5.74, 6) is 1.83. The molecule has 1 fully saturated rings. The smallest absolute Gasteiger partial charge is 0.289 e. The molecule has 1 aromatic carbocycles. The summed E-state index contributed by atoms with van der Waals surface area (Å²) in [6.07, 6.45) is 5.19. The van der Waals surface area contributed by atoms with Crippen LogP contribution in [0.25, 0.3) is 0 Å². The van der Waals surface area contributed by atoms with Crippen LogP contribution in [0.5, 0.6) is 0 Å². The molecule has 2 aromatic rings. The number of nitrogens with zero attached hydrogens (tertiary/aromatic N) is 3. The maximum Gasteiger partial charge on any atom is 0.289 e. The second-order valence-corrected chi connectivity index (χ2v) is 7.47. The van der Waals surface area contributed by atoms with Crippen molar-refractivity contribution in [2.24, 2.45) is 4.99 Å². The topological polar surface area (TPSA) is 61.1 Å². The average Bonchev–Trinajstić information content (AvgIpc) is 3.29. The van der Waals surface area contributed by atoms with E-state index in [4.69, 9.17) is 4.42 Å². The minimum absolute atomic E-state index is 0. The Balaban J connectivity index is 0.00000240. The van der Waals surface area contributed by atoms with Crippen molar-refractivity contribution >= 4 is 35.8 Å². The molecule has 1 aliphatic carbocycles. The number of hydrogen-bond acceptors (Lipinski definition) is 3. The zero-order valence-electron chi connectivity index (χ0n) is 16.8. The number of halogens is 1. The standard InChI is InChI=1S/C22H28N4O2.HI/c1-23-22(24-16-18-8-4-7-17-6-2-3-9-19(17)18)26-13-11-25(12-14-26)21(27)20-10-5-15-28-20;/h2-3,5-6,9-10,15,18H,4,7-8,11-14,16H2,1H3,(H,23,24);1H. The SMILES string of the molecule is CN=C(NCC1CCCc2ccccc21)N1CCN(C(=O)c2ccco2)CC1.I. The van der Waals surface area contributed by atoms with Crippen LogP contribution in [0.4, 0.5) is 0 Å². The van der Waals surface area contributed by atoms with E-state index in [9.17, 15) is 4.79 Å². The molecular weight excluding hydrogens is 479 g/mol. The lowest BCUT2D eigenvalue weighted by Crippen LogP contribution is -2.54. The molecule has 2 aliphatic rings. The van der Waals surface area contributed by atoms with Gasteiger partial charge in [-0.2, -0.15) is 0 Å². The number of benzene rings is 1. The Kier molecular flexibility index (Phi) is 7.57. The van der Waals surface area contributed by atoms with Gasteiger partial charge in [0.05, 0.1) is 6.26 Å². The Morgan fingerprint density at radius 2 is 1.90 bits per heavy atom. The normalized spacial score (nSPS) is 19.3. The Bertz CT molecular complexity index is 829. The lowest BCUT2D eigenvalue weighted by atomic mass is 9.83. The molecular formula is C22H29IN4O2. The van der Waals surface area contributed by atoms with Crippen LogP contribution in [-0.2, 0) is 6.42 Å². The highest BCUT2D eigenvalue weighted by atomic mass is 127. The van der Waals surface area contributed by atoms with E-state index < -0.39 is 0 Å². The molecule has 1 unspecified atom stereocenters. The van der Waals surface area contributed by atoms with Crippen molar-refractivity contribution in [3.63, 3.8) is 0 Å². The van der Waals surface area contributed by atoms with E-state index in [1.807, 2.05) is 11.9 Å². The summed E-state index contributed by atoms with van der Waals surface area (Å²) in [6, 6.07) is 12.3. The van der Waals surface area contributed by atoms with E-state index >= 15 is 0 Å². The fourth-order valence-corrected chi connectivity index (χ4v) is 4.29. The highest BCUT2D eigenvalue weighted by Gasteiger charge is 2.26. The van der Waals surface area contributed by atoms with E-state index in [-0.39, 0.29) is 29.9 Å². The Morgan fingerprint density at radius 1 is 1.14 bits per heavy atom. The number of guanidine groups is 1. The van der Waals surface area contributed by atoms with Crippen molar-refractivity contribution in [3.8, 4) is 0 Å². The van der Waals surface area contributed by atoms with E-state index in [2.05, 4.69) is 39.5 Å². The molecule has 29 heavy (non-hydrogen) atoms. The van der Waals surface area contributed by atoms with Crippen molar-refractivity contribution in [3.05, 3.63) is 59.5 Å². The van der Waals surface area contributed by atoms with E-state index in [0.29, 0.717) is 24.8 Å². The van der Waals surface area contributed by atoms with Crippen LogP contribution in [0.1, 0.15) is 40.4 Å². The van der Waals surface area contributed by atoms with Gasteiger partial charge in [-0.25, -0.2) is 0 Å². The van der Waals surface area contributed by atoms with E-state index in [0.717, 1.165) is 25.6 Å². The number of hydrogen-bond donors (Lipinski definition) is 1. The van der Waals surface area contributed by atoms with Gasteiger partial charge in [0.15, 0.2) is 11.7 Å². The Hall–Kier alpha value is -2.03. The zero-order chi connectivity index (χ0) is 19.3. The highest BCUT2D eigenvalue weighted by molar-refractivity contribution is 14.0. The third kappa shape index (κ3) is 4.94. The molecule has 6 nitrogen and oxygen atoms in total. The number of aryl methyl sites for hydroxylation is 1. The van der Waals surface area contributed by atoms with Crippen molar-refractivity contribution in [1.82, 2.24) is 15.1 Å². The number of rotatable bonds is 3. The van der Waals surface area contributed by atoms with Crippen LogP contribution >= 0.6 is 24.0 Å². The summed E-state index contributed by atoms with van der Waals surface area (Å²) in [6.45, 7) is 3.79. The minimum Gasteiger partial charge on any atom is -0.459 e. The van der Waals surface area contributed by atoms with Gasteiger partial charge in [-0.15, -0.1) is 24.0 Å². The summed E-state index contributed by atoms with van der Waals surface area (Å²) < 4.78 is 5.24. The lowest BCUT2D eigenvalue weighted by Gasteiger charge is -2.36. The molecule has 0 bridgehead atoms. The molecule has 4 rings (SSSR count). The van der Waals surface area contributed by atoms with Gasteiger partial charge in [0.1, 0.15) is 0 Å². The maximum atomic E-state index is 12.4. The third-order valence-corrected chi connectivity index (χ3v) is 5.81. The zero-order valence-corrected chi connectivity index (χ0v) is 19.2. The molecule has 0 radical (unpaired) electrons. The fraction of sp³-hybridized carbons (Fsp3) is 0.455. The van der Waals surface area contributed by atoms with Crippen molar-refractivity contribution < 1.29 is 9.21 Å². The summed E-state index contributed by atoms with van der Waals surface area (Å²) in [7, 11) is 1.83. The molecule has 1 N–H and O–H groups in total. The van der Waals surface area contributed by atoms with E-state index in [1.165, 1.54) is 30.4 Å². The summed E-state index contributed by atoms with van der Waals surface area (Å²) in [5.41, 5.74) is 2.96. The lowest BCUT2D eigenvalue weighted by molar-refractivity contribution is 0.0657. The molecule has 1 aliphatic heterocycles. The van der Waals surface area contributed by atoms with Crippen LogP contribution in [0.15, 0.2) is 52.1 Å². The largest absolute Gasteiger partial charge is 0.459 e.